The second-order valence-electron chi connectivity index (χ2n) is 15.7. The summed E-state index contributed by atoms with van der Waals surface area (Å²) in [6.07, 6.45) is 50.6. The average Bonchev–Trinajstić information content (AvgIpc) is 3.17. The number of carbonyl (C=O) groups is 2. The largest absolute Gasteiger partial charge is 0.472 e. The first-order chi connectivity index (χ1) is 28.0. The van der Waals surface area contributed by atoms with Crippen LogP contribution in [0.5, 0.6) is 0 Å². The highest BCUT2D eigenvalue weighted by Gasteiger charge is 2.27. The quantitative estimate of drug-likeness (QED) is 0.0214. The molecule has 0 aliphatic heterocycles. The lowest BCUT2D eigenvalue weighted by atomic mass is 10.1. The lowest BCUT2D eigenvalue weighted by Crippen LogP contribution is -2.37. The predicted octanol–water partition coefficient (Wildman–Crippen LogP) is 12.8. The zero-order valence-corrected chi connectivity index (χ0v) is 38.1. The number of quaternary nitrogens is 1. The number of likely N-dealkylation sites (N-methyl/N-ethyl adjacent to an activating group) is 1. The molecule has 2 atom stereocenters. The van der Waals surface area contributed by atoms with E-state index in [1.54, 1.807) is 0 Å². The summed E-state index contributed by atoms with van der Waals surface area (Å²) in [6.45, 7) is 4.20. The number of nitrogens with zero attached hydrogens (tertiary/aromatic N) is 1. The minimum absolute atomic E-state index is 0.0178. The molecule has 0 saturated heterocycles. The summed E-state index contributed by atoms with van der Waals surface area (Å²) in [7, 11) is 1.43. The first-order valence-corrected chi connectivity index (χ1v) is 23.8. The Balaban J connectivity index is 4.47. The van der Waals surface area contributed by atoms with Gasteiger partial charge in [0.25, 0.3) is 0 Å². The minimum Gasteiger partial charge on any atom is -0.462 e. The third-order valence-electron chi connectivity index (χ3n) is 8.91. The van der Waals surface area contributed by atoms with Gasteiger partial charge in [-0.15, -0.1) is 0 Å². The molecule has 0 fully saturated rings. The third-order valence-corrected chi connectivity index (χ3v) is 9.89. The Bertz CT molecular complexity index is 1260. The second-order valence-corrected chi connectivity index (χ2v) is 17.1. The molecule has 10 heteroatoms. The van der Waals surface area contributed by atoms with Gasteiger partial charge in [0.1, 0.15) is 19.8 Å². The van der Waals surface area contributed by atoms with E-state index in [1.165, 1.54) is 25.7 Å². The zero-order valence-electron chi connectivity index (χ0n) is 37.2. The van der Waals surface area contributed by atoms with Crippen LogP contribution in [0.4, 0.5) is 0 Å². The maximum absolute atomic E-state index is 12.7. The summed E-state index contributed by atoms with van der Waals surface area (Å²) in [6, 6.07) is 0. The van der Waals surface area contributed by atoms with E-state index >= 15 is 0 Å². The standard InChI is InChI=1S/C48H82NO8P/c1-6-8-10-12-14-16-18-20-22-23-24-25-27-29-31-33-35-37-39-41-48(51)57-46(45-56-58(52,53)55-43-42-49(3,4)5)44-54-47(50)40-38-36-34-32-30-28-26-21-19-17-15-13-11-9-7-2/h8,10,14-17,20-22,24-26,29,31,46H,6-7,9,11-13,18-19,23,27-28,30,32-45H2,1-5H3/p+1/b10-8-,16-14-,17-15-,22-20-,25-24-,26-21-,31-29-/t46-/m1/s1. The molecule has 0 amide bonds. The van der Waals surface area contributed by atoms with Crippen molar-refractivity contribution < 1.29 is 42.1 Å². The smallest absolute Gasteiger partial charge is 0.462 e. The van der Waals surface area contributed by atoms with Crippen LogP contribution in [0.15, 0.2) is 85.1 Å². The third kappa shape index (κ3) is 42.8. The molecule has 0 heterocycles. The molecule has 0 aromatic rings. The zero-order chi connectivity index (χ0) is 42.8. The number of rotatable bonds is 39. The monoisotopic (exact) mass is 833 g/mol. The predicted molar refractivity (Wildman–Crippen MR) is 242 cm³/mol. The van der Waals surface area contributed by atoms with Crippen LogP contribution in [-0.4, -0.2) is 74.9 Å². The molecule has 0 bridgehead atoms. The number of hydrogen-bond acceptors (Lipinski definition) is 7. The molecule has 58 heavy (non-hydrogen) atoms. The summed E-state index contributed by atoms with van der Waals surface area (Å²) < 4.78 is 34.3. The van der Waals surface area contributed by atoms with Crippen LogP contribution < -0.4 is 0 Å². The van der Waals surface area contributed by atoms with Crippen molar-refractivity contribution in [2.24, 2.45) is 0 Å². The number of ether oxygens (including phenoxy) is 2. The number of carbonyl (C=O) groups excluding carboxylic acids is 2. The van der Waals surface area contributed by atoms with Gasteiger partial charge in [0.05, 0.1) is 27.7 Å². The summed E-state index contributed by atoms with van der Waals surface area (Å²) >= 11 is 0. The van der Waals surface area contributed by atoms with Gasteiger partial charge in [-0.05, 0) is 89.9 Å². The molecule has 0 saturated carbocycles. The van der Waals surface area contributed by atoms with Crippen molar-refractivity contribution in [3.63, 3.8) is 0 Å². The highest BCUT2D eigenvalue weighted by molar-refractivity contribution is 7.47. The lowest BCUT2D eigenvalue weighted by molar-refractivity contribution is -0.870. The molecule has 9 nitrogen and oxygen atoms in total. The molecule has 332 valence electrons. The number of allylic oxidation sites excluding steroid dienone is 14. The topological polar surface area (TPSA) is 108 Å². The molecule has 0 aliphatic carbocycles. The van der Waals surface area contributed by atoms with Crippen LogP contribution in [0.25, 0.3) is 0 Å². The number of esters is 2. The second kappa shape index (κ2) is 39.6. The molecular formula is C48H83NO8P+. The summed E-state index contributed by atoms with van der Waals surface area (Å²) in [5.41, 5.74) is 0. The van der Waals surface area contributed by atoms with E-state index in [-0.39, 0.29) is 26.1 Å². The van der Waals surface area contributed by atoms with E-state index < -0.39 is 32.5 Å². The van der Waals surface area contributed by atoms with Crippen molar-refractivity contribution >= 4 is 19.8 Å². The first-order valence-electron chi connectivity index (χ1n) is 22.3. The van der Waals surface area contributed by atoms with Gasteiger partial charge in [0.2, 0.25) is 0 Å². The fraction of sp³-hybridized carbons (Fsp3) is 0.667. The normalized spacial score (nSPS) is 14.4. The Hall–Kier alpha value is -2.81. The molecule has 0 radical (unpaired) electrons. The van der Waals surface area contributed by atoms with Gasteiger partial charge in [-0.3, -0.25) is 18.6 Å². The first kappa shape index (κ1) is 55.2. The molecule has 0 aromatic carbocycles. The van der Waals surface area contributed by atoms with Crippen molar-refractivity contribution in [1.82, 2.24) is 0 Å². The van der Waals surface area contributed by atoms with Crippen LogP contribution in [-0.2, 0) is 32.7 Å². The van der Waals surface area contributed by atoms with E-state index in [9.17, 15) is 19.0 Å². The van der Waals surface area contributed by atoms with Gasteiger partial charge in [-0.25, -0.2) is 4.57 Å². The van der Waals surface area contributed by atoms with Crippen molar-refractivity contribution in [3.8, 4) is 0 Å². The van der Waals surface area contributed by atoms with Gasteiger partial charge in [-0.1, -0.05) is 137 Å². The Kier molecular flexibility index (Phi) is 37.7. The number of unbranched alkanes of at least 4 members (excludes halogenated alkanes) is 11. The van der Waals surface area contributed by atoms with Crippen LogP contribution in [0.1, 0.15) is 155 Å². The average molecular weight is 833 g/mol. The van der Waals surface area contributed by atoms with Crippen LogP contribution in [0.2, 0.25) is 0 Å². The van der Waals surface area contributed by atoms with Crippen molar-refractivity contribution in [2.75, 3.05) is 47.5 Å². The lowest BCUT2D eigenvalue weighted by Gasteiger charge is -2.24. The van der Waals surface area contributed by atoms with Gasteiger partial charge in [0.15, 0.2) is 6.10 Å². The van der Waals surface area contributed by atoms with E-state index in [2.05, 4.69) is 98.9 Å². The highest BCUT2D eigenvalue weighted by atomic mass is 31.2. The molecule has 1 N–H and O–H groups in total. The Morgan fingerprint density at radius 2 is 0.983 bits per heavy atom. The van der Waals surface area contributed by atoms with Crippen molar-refractivity contribution in [3.05, 3.63) is 85.1 Å². The van der Waals surface area contributed by atoms with E-state index in [0.29, 0.717) is 23.9 Å². The van der Waals surface area contributed by atoms with Gasteiger partial charge in [-0.2, -0.15) is 0 Å². The van der Waals surface area contributed by atoms with Crippen molar-refractivity contribution in [1.29, 1.82) is 0 Å². The van der Waals surface area contributed by atoms with Crippen molar-refractivity contribution in [2.45, 2.75) is 161 Å². The van der Waals surface area contributed by atoms with Crippen LogP contribution >= 0.6 is 7.82 Å². The SMILES string of the molecule is CC/C=C\C/C=C\C/C=C\C/C=C\C/C=C\CCCCCC(=O)O[C@H](COC(=O)CCCCCCC/C=C\C/C=C\CCCCC)COP(=O)(O)OCC[N+](C)(C)C. The molecular weight excluding hydrogens is 750 g/mol. The molecule has 1 unspecified atom stereocenters. The number of phosphoric ester groups is 1. The van der Waals surface area contributed by atoms with Gasteiger partial charge in [0, 0.05) is 12.8 Å². The Labute approximate surface area is 354 Å². The molecule has 0 spiro atoms. The molecule has 0 aliphatic rings. The molecule has 0 rings (SSSR count). The highest BCUT2D eigenvalue weighted by Crippen LogP contribution is 2.43. The summed E-state index contributed by atoms with van der Waals surface area (Å²) in [5, 5.41) is 0. The maximum Gasteiger partial charge on any atom is 0.472 e. The van der Waals surface area contributed by atoms with Crippen LogP contribution in [0.3, 0.4) is 0 Å². The van der Waals surface area contributed by atoms with E-state index in [4.69, 9.17) is 18.5 Å². The van der Waals surface area contributed by atoms with E-state index in [1.807, 2.05) is 21.1 Å². The van der Waals surface area contributed by atoms with E-state index in [0.717, 1.165) is 89.9 Å². The van der Waals surface area contributed by atoms with Gasteiger partial charge >= 0.3 is 19.8 Å². The Morgan fingerprint density at radius 3 is 1.48 bits per heavy atom. The number of hydrogen-bond donors (Lipinski definition) is 1. The maximum atomic E-state index is 12.7. The summed E-state index contributed by atoms with van der Waals surface area (Å²) in [5.74, 6) is -0.861. The fourth-order valence-electron chi connectivity index (χ4n) is 5.42. The van der Waals surface area contributed by atoms with Crippen LogP contribution in [0, 0.1) is 0 Å². The Morgan fingerprint density at radius 1 is 0.552 bits per heavy atom. The summed E-state index contributed by atoms with van der Waals surface area (Å²) in [4.78, 5) is 35.4. The van der Waals surface area contributed by atoms with Gasteiger partial charge < -0.3 is 18.9 Å². The fourth-order valence-corrected chi connectivity index (χ4v) is 6.16. The molecule has 0 aromatic heterocycles. The number of phosphoric acid groups is 1. The minimum atomic E-state index is -4.39.